The highest BCUT2D eigenvalue weighted by Crippen LogP contribution is 2.28. The van der Waals surface area contributed by atoms with Gasteiger partial charge in [-0.15, -0.1) is 16.9 Å². The van der Waals surface area contributed by atoms with Crippen LogP contribution in [0.4, 0.5) is 0 Å². The van der Waals surface area contributed by atoms with Gasteiger partial charge >= 0.3 is 0 Å². The van der Waals surface area contributed by atoms with Crippen LogP contribution in [0.25, 0.3) is 16.7 Å². The Morgan fingerprint density at radius 1 is 1.37 bits per heavy atom. The van der Waals surface area contributed by atoms with E-state index in [0.717, 1.165) is 33.6 Å². The summed E-state index contributed by atoms with van der Waals surface area (Å²) >= 11 is 1.68. The second-order valence-corrected chi connectivity index (χ2v) is 7.56. The second kappa shape index (κ2) is 7.28. The van der Waals surface area contributed by atoms with E-state index in [2.05, 4.69) is 35.2 Å². The van der Waals surface area contributed by atoms with E-state index in [-0.39, 0.29) is 12.3 Å². The Kier molecular flexibility index (Phi) is 4.84. The summed E-state index contributed by atoms with van der Waals surface area (Å²) in [5, 5.41) is 5.65. The largest absolute Gasteiger partial charge is 0.381 e. The van der Waals surface area contributed by atoms with E-state index >= 15 is 0 Å². The van der Waals surface area contributed by atoms with Crippen LogP contribution in [0.2, 0.25) is 0 Å². The van der Waals surface area contributed by atoms with Crippen LogP contribution in [-0.2, 0) is 16.0 Å². The smallest absolute Gasteiger partial charge is 0.225 e. The van der Waals surface area contributed by atoms with Crippen molar-refractivity contribution in [2.75, 3.05) is 19.5 Å². The van der Waals surface area contributed by atoms with Crippen LogP contribution in [0.5, 0.6) is 0 Å². The fraction of sp³-hybridized carbons (Fsp3) is 0.368. The highest BCUT2D eigenvalue weighted by molar-refractivity contribution is 7.98. The van der Waals surface area contributed by atoms with Crippen molar-refractivity contribution in [3.05, 3.63) is 41.5 Å². The van der Waals surface area contributed by atoms with Crippen molar-refractivity contribution in [1.82, 2.24) is 19.7 Å². The summed E-state index contributed by atoms with van der Waals surface area (Å²) in [6.07, 6.45) is 2.93. The van der Waals surface area contributed by atoms with Crippen LogP contribution in [0.1, 0.15) is 29.6 Å². The molecule has 1 atom stereocenters. The lowest BCUT2D eigenvalue weighted by Crippen LogP contribution is -2.14. The van der Waals surface area contributed by atoms with Crippen molar-refractivity contribution in [2.45, 2.75) is 30.6 Å². The Morgan fingerprint density at radius 3 is 2.93 bits per heavy atom. The summed E-state index contributed by atoms with van der Waals surface area (Å²) in [4.78, 5) is 21.9. The molecule has 1 aromatic carbocycles. The molecule has 0 radical (unpaired) electrons. The zero-order chi connectivity index (χ0) is 19.0. The van der Waals surface area contributed by atoms with E-state index in [1.54, 1.807) is 16.4 Å². The number of carbonyl (C=O) groups is 1. The number of aromatic nitrogens is 4. The Hall–Kier alpha value is -2.45. The molecule has 4 rings (SSSR count). The van der Waals surface area contributed by atoms with Gasteiger partial charge in [0.1, 0.15) is 5.82 Å². The average molecular weight is 383 g/mol. The van der Waals surface area contributed by atoms with Gasteiger partial charge in [-0.05, 0) is 43.4 Å². The van der Waals surface area contributed by atoms with E-state index in [1.165, 1.54) is 0 Å². The lowest BCUT2D eigenvalue weighted by atomic mass is 10.1. The maximum Gasteiger partial charge on any atom is 0.225 e. The normalized spacial score (nSPS) is 16.9. The van der Waals surface area contributed by atoms with Crippen molar-refractivity contribution < 1.29 is 9.53 Å². The van der Waals surface area contributed by atoms with Crippen molar-refractivity contribution in [3.63, 3.8) is 0 Å². The number of rotatable bonds is 5. The molecule has 1 fully saturated rings. The summed E-state index contributed by atoms with van der Waals surface area (Å²) in [6.45, 7) is 3.35. The molecule has 1 unspecified atom stereocenters. The van der Waals surface area contributed by atoms with Gasteiger partial charge in [0.05, 0.1) is 18.5 Å². The molecule has 0 aliphatic carbocycles. The van der Waals surface area contributed by atoms with Crippen molar-refractivity contribution in [2.24, 2.45) is 5.73 Å². The quantitative estimate of drug-likeness (QED) is 0.680. The predicted molar refractivity (Wildman–Crippen MR) is 104 cm³/mol. The number of ether oxygens (including phenoxy) is 1. The molecule has 1 amide bonds. The van der Waals surface area contributed by atoms with Gasteiger partial charge in [0.25, 0.3) is 0 Å². The van der Waals surface area contributed by atoms with Gasteiger partial charge in [-0.1, -0.05) is 6.07 Å². The number of amides is 1. The predicted octanol–water partition coefficient (Wildman–Crippen LogP) is 2.38. The minimum Gasteiger partial charge on any atom is -0.381 e. The number of hydrogen-bond donors (Lipinski definition) is 1. The second-order valence-electron chi connectivity index (χ2n) is 6.68. The number of nitrogens with zero attached hydrogens (tertiary/aromatic N) is 4. The van der Waals surface area contributed by atoms with E-state index < -0.39 is 5.91 Å². The van der Waals surface area contributed by atoms with Crippen LogP contribution in [-0.4, -0.2) is 45.1 Å². The fourth-order valence-electron chi connectivity index (χ4n) is 3.37. The van der Waals surface area contributed by atoms with Gasteiger partial charge in [-0.2, -0.15) is 4.68 Å². The van der Waals surface area contributed by atoms with Gasteiger partial charge in [0, 0.05) is 22.8 Å². The first kappa shape index (κ1) is 17.9. The summed E-state index contributed by atoms with van der Waals surface area (Å²) in [5.41, 5.74) is 7.36. The summed E-state index contributed by atoms with van der Waals surface area (Å²) in [5.74, 6) is 1.57. The van der Waals surface area contributed by atoms with Gasteiger partial charge in [0.15, 0.2) is 11.6 Å². The lowest BCUT2D eigenvalue weighted by molar-refractivity contribution is -0.117. The van der Waals surface area contributed by atoms with Crippen LogP contribution in [0.3, 0.4) is 0 Å². The molecule has 3 heterocycles. The Morgan fingerprint density at radius 2 is 2.22 bits per heavy atom. The maximum atomic E-state index is 11.3. The van der Waals surface area contributed by atoms with E-state index in [1.807, 2.05) is 12.3 Å². The molecule has 7 nitrogen and oxygen atoms in total. The molecule has 1 aliphatic heterocycles. The summed E-state index contributed by atoms with van der Waals surface area (Å²) in [7, 11) is 0. The topological polar surface area (TPSA) is 95.9 Å². The molecule has 2 aromatic heterocycles. The highest BCUT2D eigenvalue weighted by atomic mass is 32.2. The Balaban J connectivity index is 1.85. The first-order chi connectivity index (χ1) is 13.0. The zero-order valence-corrected chi connectivity index (χ0v) is 16.1. The average Bonchev–Trinajstić information content (AvgIpc) is 3.30. The molecular weight excluding hydrogens is 362 g/mol. The van der Waals surface area contributed by atoms with Crippen molar-refractivity contribution >= 4 is 28.6 Å². The monoisotopic (exact) mass is 383 g/mol. The highest BCUT2D eigenvalue weighted by Gasteiger charge is 2.26. The number of pyridine rings is 1. The molecule has 3 aromatic rings. The Labute approximate surface area is 161 Å². The minimum atomic E-state index is -0.450. The first-order valence-electron chi connectivity index (χ1n) is 8.83. The molecule has 1 saturated heterocycles. The molecule has 0 saturated carbocycles. The van der Waals surface area contributed by atoms with Crippen molar-refractivity contribution in [3.8, 4) is 5.82 Å². The number of primary amides is 1. The van der Waals surface area contributed by atoms with Crippen molar-refractivity contribution in [1.29, 1.82) is 0 Å². The standard InChI is InChI=1S/C19H21N5O2S/c1-11-7-18(21-15-8-13(27-2)3-4-14(11)15)24-19(12-5-6-26-10-12)22-17(23-24)9-16(20)25/h3-4,7-8,12H,5-6,9-10H2,1-2H3,(H2,20,25). The molecule has 1 aliphatic rings. The van der Waals surface area contributed by atoms with E-state index in [9.17, 15) is 4.79 Å². The van der Waals surface area contributed by atoms with E-state index in [0.29, 0.717) is 24.9 Å². The number of aryl methyl sites for hydroxylation is 1. The number of hydrogen-bond acceptors (Lipinski definition) is 6. The number of thioether (sulfide) groups is 1. The van der Waals surface area contributed by atoms with Crippen LogP contribution in [0, 0.1) is 6.92 Å². The Bertz CT molecular complexity index is 1010. The van der Waals surface area contributed by atoms with Gasteiger partial charge < -0.3 is 10.5 Å². The van der Waals surface area contributed by atoms with Crippen LogP contribution >= 0.6 is 11.8 Å². The van der Waals surface area contributed by atoms with Crippen LogP contribution in [0.15, 0.2) is 29.2 Å². The molecule has 27 heavy (non-hydrogen) atoms. The summed E-state index contributed by atoms with van der Waals surface area (Å²) in [6, 6.07) is 8.28. The number of nitrogens with two attached hydrogens (primary N) is 1. The van der Waals surface area contributed by atoms with E-state index in [4.69, 9.17) is 15.5 Å². The first-order valence-corrected chi connectivity index (χ1v) is 10.1. The van der Waals surface area contributed by atoms with Gasteiger partial charge in [-0.25, -0.2) is 9.97 Å². The number of carbonyl (C=O) groups excluding carboxylic acids is 1. The third-order valence-corrected chi connectivity index (χ3v) is 5.46. The summed E-state index contributed by atoms with van der Waals surface area (Å²) < 4.78 is 7.27. The number of benzene rings is 1. The number of fused-ring (bicyclic) bond motifs is 1. The fourth-order valence-corrected chi connectivity index (χ4v) is 3.80. The van der Waals surface area contributed by atoms with Gasteiger partial charge in [-0.3, -0.25) is 4.79 Å². The maximum absolute atomic E-state index is 11.3. The SMILES string of the molecule is CSc1ccc2c(C)cc(-n3nc(CC(N)=O)nc3C3CCOC3)nc2c1. The third-order valence-electron chi connectivity index (χ3n) is 4.73. The lowest BCUT2D eigenvalue weighted by Gasteiger charge is -2.12. The van der Waals surface area contributed by atoms with Gasteiger partial charge in [0.2, 0.25) is 5.91 Å². The molecule has 8 heteroatoms. The molecule has 2 N–H and O–H groups in total. The molecule has 140 valence electrons. The zero-order valence-electron chi connectivity index (χ0n) is 15.3. The minimum absolute atomic E-state index is 0.0107. The third kappa shape index (κ3) is 3.54. The molecule has 0 spiro atoms. The molecular formula is C19H21N5O2S. The molecule has 0 bridgehead atoms. The van der Waals surface area contributed by atoms with Crippen LogP contribution < -0.4 is 5.73 Å².